The molecule has 0 fully saturated rings. The topological polar surface area (TPSA) is 72.5 Å². The number of benzene rings is 4. The molecule has 0 heterocycles. The van der Waals surface area contributed by atoms with E-state index in [1.807, 2.05) is 0 Å². The first-order chi connectivity index (χ1) is 17.7. The van der Waals surface area contributed by atoms with Crippen molar-refractivity contribution < 1.29 is 31.1 Å². The Morgan fingerprint density at radius 2 is 1.59 bits per heavy atom. The van der Waals surface area contributed by atoms with Gasteiger partial charge in [-0.3, -0.25) is 4.79 Å². The van der Waals surface area contributed by atoms with E-state index in [0.29, 0.717) is 11.3 Å². The Morgan fingerprint density at radius 1 is 0.865 bits per heavy atom. The first kappa shape index (κ1) is 26.0. The van der Waals surface area contributed by atoms with E-state index in [1.165, 1.54) is 60.7 Å². The molecule has 4 aromatic rings. The summed E-state index contributed by atoms with van der Waals surface area (Å²) in [6.45, 7) is 1.55. The van der Waals surface area contributed by atoms with E-state index in [4.69, 9.17) is 4.74 Å². The van der Waals surface area contributed by atoms with Crippen LogP contribution in [0.1, 0.15) is 12.5 Å². The third kappa shape index (κ3) is 6.18. The summed E-state index contributed by atoms with van der Waals surface area (Å²) in [4.78, 5) is 12.8. The van der Waals surface area contributed by atoms with Gasteiger partial charge in [0, 0.05) is 28.9 Å². The van der Waals surface area contributed by atoms with E-state index < -0.39 is 33.2 Å². The summed E-state index contributed by atoms with van der Waals surface area (Å²) in [5, 5.41) is 2.71. The largest absolute Gasteiger partial charge is 0.457 e. The normalized spacial score (nSPS) is 11.2. The lowest BCUT2D eigenvalue weighted by molar-refractivity contribution is -0.115. The summed E-state index contributed by atoms with van der Waals surface area (Å²) in [7, 11) is -3.35. The van der Waals surface area contributed by atoms with Gasteiger partial charge in [-0.25, -0.2) is 21.6 Å². The molecule has 190 valence electrons. The van der Waals surface area contributed by atoms with Crippen LogP contribution in [0.4, 0.5) is 18.9 Å². The monoisotopic (exact) mass is 525 g/mol. The maximum Gasteiger partial charge on any atom is 0.228 e. The zero-order valence-electron chi connectivity index (χ0n) is 19.7. The fourth-order valence-electron chi connectivity index (χ4n) is 3.65. The minimum absolute atomic E-state index is 0.0254. The molecular formula is C28H22F3NO4S. The van der Waals surface area contributed by atoms with Gasteiger partial charge in [0.25, 0.3) is 0 Å². The summed E-state index contributed by atoms with van der Waals surface area (Å²) in [5.41, 5.74) is 1.04. The van der Waals surface area contributed by atoms with E-state index in [-0.39, 0.29) is 39.7 Å². The SMILES string of the molecule is CCS(=O)(=O)c1ccc(CC(=O)Nc2ccc(-c3cccc(F)c3F)c(Oc3cccc(F)c3)c2)cc1. The third-order valence-electron chi connectivity index (χ3n) is 5.56. The molecule has 0 radical (unpaired) electrons. The molecular weight excluding hydrogens is 503 g/mol. The number of amides is 1. The number of carbonyl (C=O) groups is 1. The van der Waals surface area contributed by atoms with Gasteiger partial charge in [0.05, 0.1) is 17.1 Å². The highest BCUT2D eigenvalue weighted by Crippen LogP contribution is 2.37. The van der Waals surface area contributed by atoms with Crippen molar-refractivity contribution in [3.05, 3.63) is 108 Å². The number of carbonyl (C=O) groups excluding carboxylic acids is 1. The second-order valence-corrected chi connectivity index (χ2v) is 10.4. The van der Waals surface area contributed by atoms with Gasteiger partial charge in [-0.15, -0.1) is 0 Å². The molecule has 1 N–H and O–H groups in total. The molecule has 0 aromatic heterocycles. The Balaban J connectivity index is 1.60. The molecule has 9 heteroatoms. The van der Waals surface area contributed by atoms with Crippen molar-refractivity contribution in [3.8, 4) is 22.6 Å². The predicted molar refractivity (Wildman–Crippen MR) is 135 cm³/mol. The minimum Gasteiger partial charge on any atom is -0.457 e. The van der Waals surface area contributed by atoms with Crippen LogP contribution < -0.4 is 10.1 Å². The molecule has 0 spiro atoms. The van der Waals surface area contributed by atoms with E-state index in [1.54, 1.807) is 19.1 Å². The van der Waals surface area contributed by atoms with E-state index in [0.717, 1.165) is 12.1 Å². The Kier molecular flexibility index (Phi) is 7.63. The zero-order valence-corrected chi connectivity index (χ0v) is 20.5. The standard InChI is InChI=1S/C28H22F3NO4S/c1-2-37(34,35)22-12-9-18(10-13-22)15-27(33)32-20-11-14-23(24-7-4-8-25(30)28(24)31)26(17-20)36-21-6-3-5-19(29)16-21/h3-14,16-17H,2,15H2,1H3,(H,32,33). The lowest BCUT2D eigenvalue weighted by Crippen LogP contribution is -2.14. The average Bonchev–Trinajstić information content (AvgIpc) is 2.86. The summed E-state index contributed by atoms with van der Waals surface area (Å²) in [5.74, 6) is -2.87. The van der Waals surface area contributed by atoms with Gasteiger partial charge in [-0.1, -0.05) is 37.3 Å². The van der Waals surface area contributed by atoms with Crippen LogP contribution in [0.3, 0.4) is 0 Å². The molecule has 1 amide bonds. The van der Waals surface area contributed by atoms with Gasteiger partial charge in [0.1, 0.15) is 17.3 Å². The highest BCUT2D eigenvalue weighted by atomic mass is 32.2. The molecule has 5 nitrogen and oxygen atoms in total. The van der Waals surface area contributed by atoms with Crippen LogP contribution in [0.15, 0.2) is 89.8 Å². The predicted octanol–water partition coefficient (Wildman–Crippen LogP) is 6.54. The van der Waals surface area contributed by atoms with Crippen LogP contribution in [0.5, 0.6) is 11.5 Å². The summed E-state index contributed by atoms with van der Waals surface area (Å²) in [6.07, 6.45) is -0.0349. The van der Waals surface area contributed by atoms with Gasteiger partial charge < -0.3 is 10.1 Å². The minimum atomic E-state index is -3.35. The van der Waals surface area contributed by atoms with Crippen LogP contribution in [0, 0.1) is 17.5 Å². The Labute approximate surface area is 212 Å². The third-order valence-corrected chi connectivity index (χ3v) is 7.31. The molecule has 0 aliphatic rings. The lowest BCUT2D eigenvalue weighted by atomic mass is 10.0. The molecule has 4 aromatic carbocycles. The van der Waals surface area contributed by atoms with Gasteiger partial charge in [-0.05, 0) is 48.0 Å². The van der Waals surface area contributed by atoms with Crippen molar-refractivity contribution in [2.45, 2.75) is 18.2 Å². The summed E-state index contributed by atoms with van der Waals surface area (Å²) < 4.78 is 71.9. The second-order valence-electron chi connectivity index (χ2n) is 8.14. The van der Waals surface area contributed by atoms with Crippen LogP contribution in [-0.2, 0) is 21.1 Å². The number of anilines is 1. The average molecular weight is 526 g/mol. The fourth-order valence-corrected chi connectivity index (χ4v) is 4.53. The smallest absolute Gasteiger partial charge is 0.228 e. The molecule has 0 aliphatic heterocycles. The van der Waals surface area contributed by atoms with Gasteiger partial charge in [0.2, 0.25) is 5.91 Å². The van der Waals surface area contributed by atoms with Gasteiger partial charge in [-0.2, -0.15) is 0 Å². The van der Waals surface area contributed by atoms with Crippen molar-refractivity contribution in [1.29, 1.82) is 0 Å². The molecule has 4 rings (SSSR count). The molecule has 0 saturated carbocycles. The van der Waals surface area contributed by atoms with Crippen LogP contribution >= 0.6 is 0 Å². The Hall–Kier alpha value is -4.11. The van der Waals surface area contributed by atoms with Crippen molar-refractivity contribution in [2.75, 3.05) is 11.1 Å². The summed E-state index contributed by atoms with van der Waals surface area (Å²) in [6, 6.07) is 19.5. The Bertz CT molecular complexity index is 1550. The van der Waals surface area contributed by atoms with E-state index in [9.17, 15) is 26.4 Å². The van der Waals surface area contributed by atoms with Crippen molar-refractivity contribution in [3.63, 3.8) is 0 Å². The summed E-state index contributed by atoms with van der Waals surface area (Å²) >= 11 is 0. The lowest BCUT2D eigenvalue weighted by Gasteiger charge is -2.15. The molecule has 37 heavy (non-hydrogen) atoms. The number of nitrogens with one attached hydrogen (secondary N) is 1. The zero-order chi connectivity index (χ0) is 26.6. The number of ether oxygens (including phenoxy) is 1. The quantitative estimate of drug-likeness (QED) is 0.284. The van der Waals surface area contributed by atoms with Gasteiger partial charge in [0.15, 0.2) is 21.5 Å². The van der Waals surface area contributed by atoms with Crippen molar-refractivity contribution in [2.24, 2.45) is 0 Å². The number of halogens is 3. The molecule has 0 atom stereocenters. The number of hydrogen-bond donors (Lipinski definition) is 1. The van der Waals surface area contributed by atoms with Crippen molar-refractivity contribution in [1.82, 2.24) is 0 Å². The number of hydrogen-bond acceptors (Lipinski definition) is 4. The molecule has 0 bridgehead atoms. The molecule has 0 saturated heterocycles. The highest BCUT2D eigenvalue weighted by Gasteiger charge is 2.17. The van der Waals surface area contributed by atoms with E-state index >= 15 is 0 Å². The molecule has 0 unspecified atom stereocenters. The number of sulfone groups is 1. The fraction of sp³-hybridized carbons (Fsp3) is 0.107. The first-order valence-corrected chi connectivity index (χ1v) is 12.9. The maximum absolute atomic E-state index is 14.6. The van der Waals surface area contributed by atoms with Crippen molar-refractivity contribution >= 4 is 21.4 Å². The molecule has 0 aliphatic carbocycles. The maximum atomic E-state index is 14.6. The van der Waals surface area contributed by atoms with Crippen LogP contribution in [-0.4, -0.2) is 20.1 Å². The highest BCUT2D eigenvalue weighted by molar-refractivity contribution is 7.91. The first-order valence-electron chi connectivity index (χ1n) is 11.3. The number of rotatable bonds is 8. The van der Waals surface area contributed by atoms with E-state index in [2.05, 4.69) is 5.32 Å². The second kappa shape index (κ2) is 10.9. The van der Waals surface area contributed by atoms with Crippen LogP contribution in [0.2, 0.25) is 0 Å². The van der Waals surface area contributed by atoms with Gasteiger partial charge >= 0.3 is 0 Å². The van der Waals surface area contributed by atoms with Crippen LogP contribution in [0.25, 0.3) is 11.1 Å². The Morgan fingerprint density at radius 3 is 2.30 bits per heavy atom.